The van der Waals surface area contributed by atoms with E-state index in [1.807, 2.05) is 0 Å². The van der Waals surface area contributed by atoms with E-state index in [1.54, 1.807) is 6.92 Å². The van der Waals surface area contributed by atoms with Crippen LogP contribution in [0.3, 0.4) is 0 Å². The predicted octanol–water partition coefficient (Wildman–Crippen LogP) is -2.74. The van der Waals surface area contributed by atoms with Gasteiger partial charge in [0.1, 0.15) is 31.5 Å². The van der Waals surface area contributed by atoms with Crippen molar-refractivity contribution in [3.8, 4) is 0 Å². The first-order valence-electron chi connectivity index (χ1n) is 7.48. The van der Waals surface area contributed by atoms with Crippen molar-refractivity contribution in [2.24, 2.45) is 0 Å². The van der Waals surface area contributed by atoms with Crippen LogP contribution in [0, 0.1) is 0 Å². The zero-order valence-electron chi connectivity index (χ0n) is 13.3. The first kappa shape index (κ1) is 20.6. The lowest BCUT2D eigenvalue weighted by Crippen LogP contribution is -2.33. The number of hydrogen-bond donors (Lipinski definition) is 5. The Labute approximate surface area is 138 Å². The largest absolute Gasteiger partial charge is 0.487 e. The van der Waals surface area contributed by atoms with E-state index in [-0.39, 0.29) is 19.0 Å². The molecule has 1 aliphatic heterocycles. The molecule has 0 saturated heterocycles. The summed E-state index contributed by atoms with van der Waals surface area (Å²) >= 11 is 0. The molecule has 5 N–H and O–H groups in total. The summed E-state index contributed by atoms with van der Waals surface area (Å²) in [5.74, 6) is -1.56. The van der Waals surface area contributed by atoms with Crippen LogP contribution in [0.5, 0.6) is 0 Å². The fraction of sp³-hybridized carbons (Fsp3) is 0.786. The standard InChI is InChI=1S/C14H24O10/c1-2-21-5-9(18)7-22-12-11(10(19)4-16)24-14(20)13(12)23-6-8(17)3-15/h8-11,15-19H,2-7H2,1H3. The minimum absolute atomic E-state index is 0.00518. The average molecular weight is 352 g/mol. The number of hydrogen-bond acceptors (Lipinski definition) is 10. The zero-order chi connectivity index (χ0) is 18.1. The molecule has 4 atom stereocenters. The Morgan fingerprint density at radius 3 is 2.29 bits per heavy atom. The fourth-order valence-electron chi connectivity index (χ4n) is 1.80. The number of cyclic esters (lactones) is 1. The second kappa shape index (κ2) is 10.4. The highest BCUT2D eigenvalue weighted by Crippen LogP contribution is 2.27. The number of esters is 1. The number of carbonyl (C=O) groups excluding carboxylic acids is 1. The lowest BCUT2D eigenvalue weighted by Gasteiger charge is -2.20. The Kier molecular flexibility index (Phi) is 8.97. The molecule has 10 heteroatoms. The second-order valence-corrected chi connectivity index (χ2v) is 5.04. The summed E-state index contributed by atoms with van der Waals surface area (Å²) < 4.78 is 20.3. The van der Waals surface area contributed by atoms with Crippen molar-refractivity contribution < 1.29 is 49.3 Å². The SMILES string of the molecule is CCOCC(O)COC1=C(OCC(O)CO)C(=O)OC1C(O)CO. The Morgan fingerprint density at radius 1 is 1.04 bits per heavy atom. The molecular weight excluding hydrogens is 328 g/mol. The minimum atomic E-state index is -1.45. The molecule has 4 unspecified atom stereocenters. The maximum Gasteiger partial charge on any atom is 0.378 e. The van der Waals surface area contributed by atoms with E-state index in [0.717, 1.165) is 0 Å². The molecule has 0 amide bonds. The summed E-state index contributed by atoms with van der Waals surface area (Å²) in [6.07, 6.45) is -4.97. The summed E-state index contributed by atoms with van der Waals surface area (Å²) in [7, 11) is 0. The topological polar surface area (TPSA) is 155 Å². The van der Waals surface area contributed by atoms with E-state index >= 15 is 0 Å². The Hall–Kier alpha value is -1.43. The summed E-state index contributed by atoms with van der Waals surface area (Å²) in [6.45, 7) is 0.220. The molecule has 0 saturated carbocycles. The van der Waals surface area contributed by atoms with E-state index in [2.05, 4.69) is 0 Å². The molecule has 24 heavy (non-hydrogen) atoms. The van der Waals surface area contributed by atoms with Crippen LogP contribution in [0.15, 0.2) is 11.5 Å². The second-order valence-electron chi connectivity index (χ2n) is 5.04. The first-order chi connectivity index (χ1) is 11.4. The van der Waals surface area contributed by atoms with Crippen molar-refractivity contribution in [3.63, 3.8) is 0 Å². The molecule has 1 heterocycles. The smallest absolute Gasteiger partial charge is 0.378 e. The van der Waals surface area contributed by atoms with Gasteiger partial charge in [-0.05, 0) is 6.92 Å². The number of ether oxygens (including phenoxy) is 4. The van der Waals surface area contributed by atoms with Gasteiger partial charge < -0.3 is 44.5 Å². The first-order valence-corrected chi connectivity index (χ1v) is 7.48. The molecular formula is C14H24O10. The summed E-state index contributed by atoms with van der Waals surface area (Å²) in [4.78, 5) is 11.8. The van der Waals surface area contributed by atoms with Crippen molar-refractivity contribution >= 4 is 5.97 Å². The van der Waals surface area contributed by atoms with Gasteiger partial charge in [-0.1, -0.05) is 0 Å². The van der Waals surface area contributed by atoms with E-state index in [0.29, 0.717) is 6.61 Å². The van der Waals surface area contributed by atoms with Crippen molar-refractivity contribution in [1.29, 1.82) is 0 Å². The zero-order valence-corrected chi connectivity index (χ0v) is 13.3. The van der Waals surface area contributed by atoms with Crippen molar-refractivity contribution in [2.75, 3.05) is 39.6 Å². The Morgan fingerprint density at radius 2 is 1.71 bits per heavy atom. The van der Waals surface area contributed by atoms with Gasteiger partial charge in [0.2, 0.25) is 5.76 Å². The van der Waals surface area contributed by atoms with Gasteiger partial charge in [-0.15, -0.1) is 0 Å². The molecule has 0 aliphatic carbocycles. The quantitative estimate of drug-likeness (QED) is 0.234. The van der Waals surface area contributed by atoms with Crippen molar-refractivity contribution in [2.45, 2.75) is 31.3 Å². The van der Waals surface area contributed by atoms with Crippen LogP contribution in [-0.2, 0) is 23.7 Å². The van der Waals surface area contributed by atoms with Gasteiger partial charge in [0.05, 0.1) is 19.8 Å². The van der Waals surface area contributed by atoms with Gasteiger partial charge in [0.15, 0.2) is 11.9 Å². The monoisotopic (exact) mass is 352 g/mol. The summed E-state index contributed by atoms with van der Waals surface area (Å²) in [5.41, 5.74) is 0. The maximum absolute atomic E-state index is 11.8. The Balaban J connectivity index is 2.82. The summed E-state index contributed by atoms with van der Waals surface area (Å²) in [6, 6.07) is 0. The van der Waals surface area contributed by atoms with Crippen molar-refractivity contribution in [3.05, 3.63) is 11.5 Å². The molecule has 0 radical (unpaired) electrons. The number of aliphatic hydroxyl groups excluding tert-OH is 5. The van der Waals surface area contributed by atoms with E-state index in [1.165, 1.54) is 0 Å². The van der Waals surface area contributed by atoms with Crippen LogP contribution in [0.25, 0.3) is 0 Å². The van der Waals surface area contributed by atoms with Crippen LogP contribution in [0.2, 0.25) is 0 Å². The van der Waals surface area contributed by atoms with E-state index < -0.39 is 56.0 Å². The maximum atomic E-state index is 11.8. The van der Waals surface area contributed by atoms with E-state index in [9.17, 15) is 20.1 Å². The lowest BCUT2D eigenvalue weighted by molar-refractivity contribution is -0.149. The summed E-state index contributed by atoms with van der Waals surface area (Å²) in [5, 5.41) is 46.5. The van der Waals surface area contributed by atoms with Gasteiger partial charge in [-0.2, -0.15) is 0 Å². The highest BCUT2D eigenvalue weighted by atomic mass is 16.6. The highest BCUT2D eigenvalue weighted by molar-refractivity contribution is 5.89. The number of carbonyl (C=O) groups is 1. The normalized spacial score (nSPS) is 21.4. The van der Waals surface area contributed by atoms with Gasteiger partial charge in [-0.25, -0.2) is 4.79 Å². The molecule has 1 rings (SSSR count). The van der Waals surface area contributed by atoms with Gasteiger partial charge in [0.25, 0.3) is 0 Å². The van der Waals surface area contributed by atoms with Crippen LogP contribution < -0.4 is 0 Å². The molecule has 0 aromatic heterocycles. The van der Waals surface area contributed by atoms with E-state index in [4.69, 9.17) is 29.2 Å². The molecule has 1 aliphatic rings. The molecule has 0 aromatic carbocycles. The predicted molar refractivity (Wildman–Crippen MR) is 77.5 cm³/mol. The molecule has 140 valence electrons. The van der Waals surface area contributed by atoms with Gasteiger partial charge >= 0.3 is 5.97 Å². The molecule has 0 spiro atoms. The Bertz CT molecular complexity index is 424. The van der Waals surface area contributed by atoms with Crippen LogP contribution in [-0.4, -0.2) is 95.6 Å². The minimum Gasteiger partial charge on any atom is -0.487 e. The van der Waals surface area contributed by atoms with Gasteiger partial charge in [0, 0.05) is 6.61 Å². The van der Waals surface area contributed by atoms with Crippen LogP contribution in [0.4, 0.5) is 0 Å². The molecule has 0 bridgehead atoms. The third-order valence-electron chi connectivity index (χ3n) is 3.01. The molecule has 10 nitrogen and oxygen atoms in total. The number of aliphatic hydroxyl groups is 5. The highest BCUT2D eigenvalue weighted by Gasteiger charge is 2.42. The third kappa shape index (κ3) is 5.89. The third-order valence-corrected chi connectivity index (χ3v) is 3.01. The average Bonchev–Trinajstić information content (AvgIpc) is 2.90. The molecule has 0 fully saturated rings. The van der Waals surface area contributed by atoms with Gasteiger partial charge in [-0.3, -0.25) is 0 Å². The van der Waals surface area contributed by atoms with Crippen LogP contribution in [0.1, 0.15) is 6.92 Å². The van der Waals surface area contributed by atoms with Crippen molar-refractivity contribution in [1.82, 2.24) is 0 Å². The lowest BCUT2D eigenvalue weighted by atomic mass is 10.2. The number of rotatable bonds is 12. The fourth-order valence-corrected chi connectivity index (χ4v) is 1.80. The van der Waals surface area contributed by atoms with Crippen LogP contribution >= 0.6 is 0 Å². The molecule has 0 aromatic rings.